The van der Waals surface area contributed by atoms with Crippen LogP contribution >= 0.6 is 46.1 Å². The van der Waals surface area contributed by atoms with Crippen LogP contribution in [-0.4, -0.2) is 6.54 Å². The van der Waals surface area contributed by atoms with Gasteiger partial charge < -0.3 is 5.32 Å². The van der Waals surface area contributed by atoms with Gasteiger partial charge >= 0.3 is 0 Å². The predicted octanol–water partition coefficient (Wildman–Crippen LogP) is 5.80. The van der Waals surface area contributed by atoms with Crippen LogP contribution in [0.3, 0.4) is 0 Å². The van der Waals surface area contributed by atoms with Crippen molar-refractivity contribution in [2.75, 3.05) is 6.54 Å². The van der Waals surface area contributed by atoms with E-state index in [9.17, 15) is 0 Å². The van der Waals surface area contributed by atoms with E-state index in [1.165, 1.54) is 0 Å². The van der Waals surface area contributed by atoms with Crippen LogP contribution in [0.5, 0.6) is 0 Å². The third-order valence-electron chi connectivity index (χ3n) is 2.75. The van der Waals surface area contributed by atoms with E-state index >= 15 is 0 Å². The molecule has 0 bridgehead atoms. The lowest BCUT2D eigenvalue weighted by molar-refractivity contribution is 0.606. The molecule has 1 atom stereocenters. The van der Waals surface area contributed by atoms with Crippen LogP contribution in [-0.2, 0) is 0 Å². The van der Waals surface area contributed by atoms with Crippen LogP contribution in [0.2, 0.25) is 14.4 Å². The minimum Gasteiger partial charge on any atom is -0.306 e. The zero-order chi connectivity index (χ0) is 13.8. The van der Waals surface area contributed by atoms with Crippen LogP contribution in [0.4, 0.5) is 0 Å². The molecule has 0 aliphatic heterocycles. The number of hydrogen-bond donors (Lipinski definition) is 1. The summed E-state index contributed by atoms with van der Waals surface area (Å²) in [5.41, 5.74) is 1.03. The first-order valence-corrected chi connectivity index (χ1v) is 8.00. The predicted molar refractivity (Wildman–Crippen MR) is 85.9 cm³/mol. The Labute approximate surface area is 132 Å². The molecule has 5 heteroatoms. The summed E-state index contributed by atoms with van der Waals surface area (Å²) in [4.78, 5) is 1.16. The second-order valence-corrected chi connectivity index (χ2v) is 6.79. The minimum atomic E-state index is 0.0576. The van der Waals surface area contributed by atoms with Gasteiger partial charge in [-0.1, -0.05) is 47.8 Å². The summed E-state index contributed by atoms with van der Waals surface area (Å²) >= 11 is 19.9. The fraction of sp³-hybridized carbons (Fsp3) is 0.286. The van der Waals surface area contributed by atoms with Gasteiger partial charge in [0.15, 0.2) is 0 Å². The van der Waals surface area contributed by atoms with E-state index in [-0.39, 0.29) is 6.04 Å². The molecule has 2 aromatic rings. The molecule has 0 saturated heterocycles. The van der Waals surface area contributed by atoms with Crippen molar-refractivity contribution < 1.29 is 0 Å². The normalized spacial score (nSPS) is 12.6. The van der Waals surface area contributed by atoms with Crippen molar-refractivity contribution in [1.82, 2.24) is 5.32 Å². The molecule has 19 heavy (non-hydrogen) atoms. The van der Waals surface area contributed by atoms with Crippen LogP contribution in [0.15, 0.2) is 30.3 Å². The standard InChI is InChI=1S/C14H14Cl3NS/c1-2-7-18-14(12-5-6-13(17)19-12)10-4-3-9(15)8-11(10)16/h3-6,8,14,18H,2,7H2,1H3. The Balaban J connectivity index is 2.36. The van der Waals surface area contributed by atoms with Gasteiger partial charge in [0.05, 0.1) is 10.4 Å². The number of thiophene rings is 1. The second kappa shape index (κ2) is 6.96. The maximum absolute atomic E-state index is 6.31. The Morgan fingerprint density at radius 3 is 2.53 bits per heavy atom. The van der Waals surface area contributed by atoms with Crippen molar-refractivity contribution in [3.05, 3.63) is 55.2 Å². The molecule has 1 unspecified atom stereocenters. The van der Waals surface area contributed by atoms with E-state index in [2.05, 4.69) is 12.2 Å². The van der Waals surface area contributed by atoms with Crippen molar-refractivity contribution in [1.29, 1.82) is 0 Å². The smallest absolute Gasteiger partial charge is 0.0931 e. The highest BCUT2D eigenvalue weighted by Crippen LogP contribution is 2.35. The Kier molecular flexibility index (Phi) is 5.55. The highest BCUT2D eigenvalue weighted by molar-refractivity contribution is 7.16. The molecular weight excluding hydrogens is 321 g/mol. The monoisotopic (exact) mass is 333 g/mol. The Hall–Kier alpha value is -0.250. The minimum absolute atomic E-state index is 0.0576. The SMILES string of the molecule is CCCNC(c1ccc(Cl)s1)c1ccc(Cl)cc1Cl. The fourth-order valence-electron chi connectivity index (χ4n) is 1.87. The summed E-state index contributed by atoms with van der Waals surface area (Å²) in [5, 5.41) is 4.82. The maximum Gasteiger partial charge on any atom is 0.0931 e. The lowest BCUT2D eigenvalue weighted by Gasteiger charge is -2.19. The fourth-order valence-corrected chi connectivity index (χ4v) is 3.54. The van der Waals surface area contributed by atoms with Crippen molar-refractivity contribution in [2.45, 2.75) is 19.4 Å². The van der Waals surface area contributed by atoms with Gasteiger partial charge in [-0.25, -0.2) is 0 Å². The van der Waals surface area contributed by atoms with Crippen LogP contribution in [0.1, 0.15) is 29.8 Å². The lowest BCUT2D eigenvalue weighted by atomic mass is 10.1. The van der Waals surface area contributed by atoms with Crippen LogP contribution in [0, 0.1) is 0 Å². The number of rotatable bonds is 5. The Morgan fingerprint density at radius 2 is 1.95 bits per heavy atom. The van der Waals surface area contributed by atoms with Gasteiger partial charge in [0, 0.05) is 14.9 Å². The molecule has 1 N–H and O–H groups in total. The molecule has 0 spiro atoms. The third-order valence-corrected chi connectivity index (χ3v) is 4.61. The number of hydrogen-bond acceptors (Lipinski definition) is 2. The van der Waals surface area contributed by atoms with Crippen LogP contribution in [0.25, 0.3) is 0 Å². The van der Waals surface area contributed by atoms with Gasteiger partial charge in [0.25, 0.3) is 0 Å². The van der Waals surface area contributed by atoms with E-state index in [1.807, 2.05) is 24.3 Å². The number of benzene rings is 1. The third kappa shape index (κ3) is 3.87. The molecule has 0 radical (unpaired) electrons. The Morgan fingerprint density at radius 1 is 1.16 bits per heavy atom. The molecule has 1 heterocycles. The molecule has 0 amide bonds. The zero-order valence-electron chi connectivity index (χ0n) is 10.4. The first kappa shape index (κ1) is 15.1. The quantitative estimate of drug-likeness (QED) is 0.729. The molecule has 0 fully saturated rings. The highest BCUT2D eigenvalue weighted by Gasteiger charge is 2.18. The second-order valence-electron chi connectivity index (χ2n) is 4.19. The largest absolute Gasteiger partial charge is 0.306 e. The molecule has 0 aliphatic rings. The van der Waals surface area contributed by atoms with Crippen molar-refractivity contribution in [3.8, 4) is 0 Å². The first-order chi connectivity index (χ1) is 9.11. The summed E-state index contributed by atoms with van der Waals surface area (Å²) in [6.07, 6.45) is 1.06. The van der Waals surface area contributed by atoms with Gasteiger partial charge in [0.1, 0.15) is 0 Å². The molecule has 1 aromatic heterocycles. The zero-order valence-corrected chi connectivity index (χ0v) is 13.5. The van der Waals surface area contributed by atoms with Gasteiger partial charge in [0.2, 0.25) is 0 Å². The molecule has 102 valence electrons. The summed E-state index contributed by atoms with van der Waals surface area (Å²) in [5.74, 6) is 0. The van der Waals surface area contributed by atoms with Gasteiger partial charge in [-0.05, 0) is 42.8 Å². The molecular formula is C14H14Cl3NS. The van der Waals surface area contributed by atoms with E-state index in [0.717, 1.165) is 27.7 Å². The number of nitrogens with one attached hydrogen (secondary N) is 1. The molecule has 1 aromatic carbocycles. The molecule has 0 aliphatic carbocycles. The van der Waals surface area contributed by atoms with Gasteiger partial charge in [-0.15, -0.1) is 11.3 Å². The Bertz CT molecular complexity index is 553. The maximum atomic E-state index is 6.31. The van der Waals surface area contributed by atoms with Crippen LogP contribution < -0.4 is 5.32 Å². The number of halogens is 3. The summed E-state index contributed by atoms with van der Waals surface area (Å²) < 4.78 is 0.781. The van der Waals surface area contributed by atoms with E-state index in [0.29, 0.717) is 10.0 Å². The average molecular weight is 335 g/mol. The molecule has 2 rings (SSSR count). The molecule has 0 saturated carbocycles. The van der Waals surface area contributed by atoms with E-state index in [1.54, 1.807) is 17.4 Å². The van der Waals surface area contributed by atoms with Crippen molar-refractivity contribution in [2.24, 2.45) is 0 Å². The van der Waals surface area contributed by atoms with E-state index in [4.69, 9.17) is 34.8 Å². The van der Waals surface area contributed by atoms with Gasteiger partial charge in [-0.2, -0.15) is 0 Å². The lowest BCUT2D eigenvalue weighted by Crippen LogP contribution is -2.22. The van der Waals surface area contributed by atoms with Gasteiger partial charge in [-0.3, -0.25) is 0 Å². The summed E-state index contributed by atoms with van der Waals surface area (Å²) in [6.45, 7) is 3.05. The van der Waals surface area contributed by atoms with Crippen molar-refractivity contribution >= 4 is 46.1 Å². The average Bonchev–Trinajstić information content (AvgIpc) is 2.78. The van der Waals surface area contributed by atoms with Crippen molar-refractivity contribution in [3.63, 3.8) is 0 Å². The molecule has 1 nitrogen and oxygen atoms in total. The highest BCUT2D eigenvalue weighted by atomic mass is 35.5. The summed E-state index contributed by atoms with van der Waals surface area (Å²) in [7, 11) is 0. The topological polar surface area (TPSA) is 12.0 Å². The summed E-state index contributed by atoms with van der Waals surface area (Å²) in [6, 6.07) is 9.60. The van der Waals surface area contributed by atoms with E-state index < -0.39 is 0 Å². The first-order valence-electron chi connectivity index (χ1n) is 6.05.